The summed E-state index contributed by atoms with van der Waals surface area (Å²) in [6, 6.07) is 17.5. The van der Waals surface area contributed by atoms with E-state index in [9.17, 15) is 8.42 Å². The summed E-state index contributed by atoms with van der Waals surface area (Å²) >= 11 is 0. The molecule has 132 valence electrons. The maximum Gasteiger partial charge on any atom is 0.244 e. The van der Waals surface area contributed by atoms with Crippen molar-refractivity contribution in [1.29, 1.82) is 0 Å². The Morgan fingerprint density at radius 1 is 0.880 bits per heavy atom. The lowest BCUT2D eigenvalue weighted by Crippen LogP contribution is -2.21. The summed E-state index contributed by atoms with van der Waals surface area (Å²) in [4.78, 5) is 0.414. The molecule has 1 aliphatic heterocycles. The predicted molar refractivity (Wildman–Crippen MR) is 99.7 cm³/mol. The second kappa shape index (κ2) is 6.58. The molecule has 1 unspecified atom stereocenters. The van der Waals surface area contributed by atoms with Crippen LogP contribution in [0.15, 0.2) is 59.5 Å². The van der Waals surface area contributed by atoms with E-state index in [1.165, 1.54) is 19.3 Å². The van der Waals surface area contributed by atoms with Crippen LogP contribution < -0.4 is 0 Å². The quantitative estimate of drug-likeness (QED) is 0.746. The van der Waals surface area contributed by atoms with E-state index in [-0.39, 0.29) is 12.1 Å². The number of hydrogen-bond donors (Lipinski definition) is 0. The van der Waals surface area contributed by atoms with Crippen LogP contribution in [0.2, 0.25) is 0 Å². The van der Waals surface area contributed by atoms with Gasteiger partial charge in [0.15, 0.2) is 0 Å². The molecule has 2 fully saturated rings. The second-order valence-electron chi connectivity index (χ2n) is 7.39. The first-order chi connectivity index (χ1) is 12.1. The molecule has 1 heterocycles. The summed E-state index contributed by atoms with van der Waals surface area (Å²) in [7, 11) is -3.45. The molecule has 0 radical (unpaired) electrons. The minimum absolute atomic E-state index is 0.00407. The van der Waals surface area contributed by atoms with Gasteiger partial charge in [0.25, 0.3) is 0 Å². The van der Waals surface area contributed by atoms with Crippen molar-refractivity contribution in [3.8, 4) is 0 Å². The van der Waals surface area contributed by atoms with E-state index in [0.29, 0.717) is 10.8 Å². The Labute approximate surface area is 150 Å². The molecule has 25 heavy (non-hydrogen) atoms. The Bertz CT molecular complexity index is 824. The highest BCUT2D eigenvalue weighted by Gasteiger charge is 2.58. The van der Waals surface area contributed by atoms with Crippen LogP contribution in [0.5, 0.6) is 0 Å². The first-order valence-electron chi connectivity index (χ1n) is 9.24. The zero-order valence-corrected chi connectivity index (χ0v) is 15.5. The molecule has 4 heteroatoms. The summed E-state index contributed by atoms with van der Waals surface area (Å²) in [5.41, 5.74) is 2.20. The topological polar surface area (TPSA) is 37.1 Å². The summed E-state index contributed by atoms with van der Waals surface area (Å²) < 4.78 is 28.3. The Morgan fingerprint density at radius 3 is 2.16 bits per heavy atom. The normalized spacial score (nSPS) is 27.2. The van der Waals surface area contributed by atoms with Crippen molar-refractivity contribution in [2.45, 2.75) is 56.0 Å². The number of aryl methyl sites for hydroxylation is 1. The highest BCUT2D eigenvalue weighted by atomic mass is 32.2. The Kier molecular flexibility index (Phi) is 4.42. The van der Waals surface area contributed by atoms with Gasteiger partial charge in [0.1, 0.15) is 0 Å². The molecule has 0 aromatic heterocycles. The minimum Gasteiger partial charge on any atom is -0.207 e. The minimum atomic E-state index is -3.45. The Morgan fingerprint density at radius 2 is 1.52 bits per heavy atom. The molecular weight excluding hydrogens is 330 g/mol. The summed E-state index contributed by atoms with van der Waals surface area (Å²) in [5.74, 6) is 0.485. The highest BCUT2D eigenvalue weighted by Crippen LogP contribution is 2.53. The number of sulfonamides is 1. The molecule has 1 aliphatic carbocycles. The van der Waals surface area contributed by atoms with E-state index in [1.807, 2.05) is 37.3 Å². The van der Waals surface area contributed by atoms with Gasteiger partial charge in [0.05, 0.1) is 10.9 Å². The van der Waals surface area contributed by atoms with E-state index in [4.69, 9.17) is 0 Å². The zero-order valence-electron chi connectivity index (χ0n) is 14.6. The van der Waals surface area contributed by atoms with Gasteiger partial charge in [-0.3, -0.25) is 0 Å². The molecular formula is C21H25NO2S. The average molecular weight is 356 g/mol. The largest absolute Gasteiger partial charge is 0.244 e. The van der Waals surface area contributed by atoms with Crippen molar-refractivity contribution >= 4 is 10.0 Å². The third kappa shape index (κ3) is 3.13. The van der Waals surface area contributed by atoms with Crippen molar-refractivity contribution in [2.24, 2.45) is 5.92 Å². The molecule has 3 atom stereocenters. The first-order valence-corrected chi connectivity index (χ1v) is 10.7. The van der Waals surface area contributed by atoms with Gasteiger partial charge in [-0.2, -0.15) is 4.31 Å². The molecule has 2 aromatic rings. The molecule has 4 rings (SSSR count). The van der Waals surface area contributed by atoms with Gasteiger partial charge in [-0.1, -0.05) is 67.3 Å². The fourth-order valence-electron chi connectivity index (χ4n) is 4.31. The van der Waals surface area contributed by atoms with E-state index in [2.05, 4.69) is 12.1 Å². The fourth-order valence-corrected chi connectivity index (χ4v) is 6.13. The molecule has 1 saturated heterocycles. The third-order valence-corrected chi connectivity index (χ3v) is 7.57. The maximum atomic E-state index is 13.3. The highest BCUT2D eigenvalue weighted by molar-refractivity contribution is 7.89. The van der Waals surface area contributed by atoms with Crippen molar-refractivity contribution in [2.75, 3.05) is 0 Å². The molecule has 2 aliphatic rings. The molecule has 3 nitrogen and oxygen atoms in total. The van der Waals surface area contributed by atoms with Crippen LogP contribution in [0, 0.1) is 12.8 Å². The summed E-state index contributed by atoms with van der Waals surface area (Å²) in [5, 5.41) is 0. The fraction of sp³-hybridized carbons (Fsp3) is 0.429. The van der Waals surface area contributed by atoms with Crippen molar-refractivity contribution in [1.82, 2.24) is 4.31 Å². The molecule has 1 saturated carbocycles. The van der Waals surface area contributed by atoms with Crippen LogP contribution in [0.25, 0.3) is 0 Å². The van der Waals surface area contributed by atoms with Gasteiger partial charge in [-0.05, 0) is 43.4 Å². The predicted octanol–water partition coefficient (Wildman–Crippen LogP) is 4.69. The average Bonchev–Trinajstić information content (AvgIpc) is 3.40. The lowest BCUT2D eigenvalue weighted by Gasteiger charge is -2.21. The van der Waals surface area contributed by atoms with E-state index in [1.54, 1.807) is 16.4 Å². The van der Waals surface area contributed by atoms with Crippen LogP contribution in [-0.4, -0.2) is 18.8 Å². The van der Waals surface area contributed by atoms with Crippen LogP contribution in [0.3, 0.4) is 0 Å². The standard InChI is InChI=1S/C21H25NO2S/c1-16-12-14-19(15-13-16)25(23,24)22-20(17-8-4-2-5-9-17)21(22)18-10-6-3-7-11-18/h2,4-5,8-9,12-15,18,20-21H,3,6-7,10-11H2,1H3/t20-,21-,22?/m1/s1. The smallest absolute Gasteiger partial charge is 0.207 e. The number of hydrogen-bond acceptors (Lipinski definition) is 2. The van der Waals surface area contributed by atoms with Crippen molar-refractivity contribution in [3.63, 3.8) is 0 Å². The number of benzene rings is 2. The van der Waals surface area contributed by atoms with Crippen LogP contribution >= 0.6 is 0 Å². The van der Waals surface area contributed by atoms with E-state index >= 15 is 0 Å². The molecule has 0 N–H and O–H groups in total. The number of nitrogens with zero attached hydrogens (tertiary/aromatic N) is 1. The first kappa shape index (κ1) is 16.8. The number of rotatable bonds is 4. The summed E-state index contributed by atoms with van der Waals surface area (Å²) in [6.45, 7) is 1.98. The summed E-state index contributed by atoms with van der Waals surface area (Å²) in [6.07, 6.45) is 6.02. The maximum absolute atomic E-state index is 13.3. The van der Waals surface area contributed by atoms with Gasteiger partial charge >= 0.3 is 0 Å². The van der Waals surface area contributed by atoms with Crippen LogP contribution in [0.1, 0.15) is 49.3 Å². The van der Waals surface area contributed by atoms with Crippen LogP contribution in [0.4, 0.5) is 0 Å². The van der Waals surface area contributed by atoms with Gasteiger partial charge < -0.3 is 0 Å². The van der Waals surface area contributed by atoms with Crippen LogP contribution in [-0.2, 0) is 10.0 Å². The molecule has 0 bridgehead atoms. The SMILES string of the molecule is Cc1ccc(S(=O)(=O)N2[C@H](c3ccccc3)[C@H]2C2CCCCC2)cc1. The van der Waals surface area contributed by atoms with Gasteiger partial charge in [0, 0.05) is 6.04 Å². The third-order valence-electron chi connectivity index (χ3n) is 5.67. The molecule has 0 spiro atoms. The van der Waals surface area contributed by atoms with E-state index in [0.717, 1.165) is 24.0 Å². The monoisotopic (exact) mass is 355 g/mol. The zero-order chi connectivity index (χ0) is 17.4. The van der Waals surface area contributed by atoms with Gasteiger partial charge in [-0.25, -0.2) is 8.42 Å². The molecule has 2 aromatic carbocycles. The second-order valence-corrected chi connectivity index (χ2v) is 9.24. The lowest BCUT2D eigenvalue weighted by molar-refractivity contribution is 0.335. The van der Waals surface area contributed by atoms with Crippen molar-refractivity contribution < 1.29 is 8.42 Å². The van der Waals surface area contributed by atoms with E-state index < -0.39 is 10.0 Å². The molecule has 0 amide bonds. The lowest BCUT2D eigenvalue weighted by atomic mass is 9.85. The Hall–Kier alpha value is -1.65. The Balaban J connectivity index is 1.68. The van der Waals surface area contributed by atoms with Gasteiger partial charge in [-0.15, -0.1) is 0 Å². The van der Waals surface area contributed by atoms with Crippen molar-refractivity contribution in [3.05, 3.63) is 65.7 Å². The van der Waals surface area contributed by atoms with Gasteiger partial charge in [0.2, 0.25) is 10.0 Å².